The molecule has 1 aromatic heterocycles. The van der Waals surface area contributed by atoms with Gasteiger partial charge in [-0.2, -0.15) is 0 Å². The summed E-state index contributed by atoms with van der Waals surface area (Å²) >= 11 is 0. The predicted octanol–water partition coefficient (Wildman–Crippen LogP) is 1.79. The number of hydrogen-bond donors (Lipinski definition) is 1. The fourth-order valence-electron chi connectivity index (χ4n) is 1.72. The van der Waals surface area contributed by atoms with Crippen molar-refractivity contribution in [3.8, 4) is 0 Å². The molecule has 0 fully saturated rings. The highest BCUT2D eigenvalue weighted by molar-refractivity contribution is 6.02. The number of benzene rings is 1. The average molecular weight is 256 g/mol. The van der Waals surface area contributed by atoms with Crippen molar-refractivity contribution in [2.75, 3.05) is 19.4 Å². The van der Waals surface area contributed by atoms with Gasteiger partial charge in [0.2, 0.25) is 0 Å². The third-order valence-corrected chi connectivity index (χ3v) is 2.48. The summed E-state index contributed by atoms with van der Waals surface area (Å²) in [4.78, 5) is 21.8. The second-order valence-corrected chi connectivity index (χ2v) is 4.48. The zero-order chi connectivity index (χ0) is 13.7. The normalized spacial score (nSPS) is 10.5. The van der Waals surface area contributed by atoms with Gasteiger partial charge in [-0.05, 0) is 31.8 Å². The fraction of sp³-hybridized carbons (Fsp3) is 0.214. The van der Waals surface area contributed by atoms with Crippen molar-refractivity contribution < 1.29 is 4.79 Å². The van der Waals surface area contributed by atoms with Gasteiger partial charge in [0.1, 0.15) is 5.69 Å². The summed E-state index contributed by atoms with van der Waals surface area (Å²) in [5.74, 6) is -0.255. The molecular weight excluding hydrogens is 240 g/mol. The summed E-state index contributed by atoms with van der Waals surface area (Å²) in [6.07, 6.45) is 4.48. The highest BCUT2D eigenvalue weighted by Gasteiger charge is 2.07. The number of nitrogens with one attached hydrogen (secondary N) is 1. The maximum atomic E-state index is 11.9. The van der Waals surface area contributed by atoms with E-state index in [1.807, 2.05) is 38.4 Å². The van der Waals surface area contributed by atoms with Crippen molar-refractivity contribution in [3.63, 3.8) is 0 Å². The van der Waals surface area contributed by atoms with Crippen molar-refractivity contribution in [2.24, 2.45) is 0 Å². The van der Waals surface area contributed by atoms with Gasteiger partial charge in [0.15, 0.2) is 0 Å². The molecule has 19 heavy (non-hydrogen) atoms. The van der Waals surface area contributed by atoms with Crippen LogP contribution in [0.15, 0.2) is 42.9 Å². The summed E-state index contributed by atoms with van der Waals surface area (Å²) in [6, 6.07) is 7.75. The topological polar surface area (TPSA) is 58.1 Å². The van der Waals surface area contributed by atoms with E-state index in [0.29, 0.717) is 5.69 Å². The molecular formula is C14H16N4O. The molecule has 2 rings (SSSR count). The minimum atomic E-state index is -0.255. The standard InChI is InChI=1S/C14H16N4O/c1-18(2)10-11-4-3-5-12(8-11)17-14(19)13-9-15-6-7-16-13/h3-9H,10H2,1-2H3,(H,17,19). The van der Waals surface area contributed by atoms with Gasteiger partial charge in [-0.3, -0.25) is 9.78 Å². The first-order valence-corrected chi connectivity index (χ1v) is 5.96. The lowest BCUT2D eigenvalue weighted by Crippen LogP contribution is -2.14. The maximum Gasteiger partial charge on any atom is 0.275 e. The Bertz CT molecular complexity index is 554. The second kappa shape index (κ2) is 6.06. The molecule has 1 aromatic carbocycles. The van der Waals surface area contributed by atoms with Crippen LogP contribution in [-0.4, -0.2) is 34.9 Å². The van der Waals surface area contributed by atoms with Crippen LogP contribution < -0.4 is 5.32 Å². The molecule has 0 bridgehead atoms. The SMILES string of the molecule is CN(C)Cc1cccc(NC(=O)c2cnccn2)c1. The van der Waals surface area contributed by atoms with Crippen molar-refractivity contribution >= 4 is 11.6 Å². The van der Waals surface area contributed by atoms with Gasteiger partial charge in [-0.15, -0.1) is 0 Å². The number of hydrogen-bond acceptors (Lipinski definition) is 4. The maximum absolute atomic E-state index is 11.9. The van der Waals surface area contributed by atoms with Crippen molar-refractivity contribution in [1.82, 2.24) is 14.9 Å². The monoisotopic (exact) mass is 256 g/mol. The van der Waals surface area contributed by atoms with Crippen LogP contribution in [0.25, 0.3) is 0 Å². The van der Waals surface area contributed by atoms with Crippen LogP contribution in [0, 0.1) is 0 Å². The number of carbonyl (C=O) groups excluding carboxylic acids is 1. The Hall–Kier alpha value is -2.27. The van der Waals surface area contributed by atoms with E-state index in [4.69, 9.17) is 0 Å². The molecule has 0 aliphatic carbocycles. The lowest BCUT2D eigenvalue weighted by molar-refractivity contribution is 0.102. The van der Waals surface area contributed by atoms with E-state index in [1.165, 1.54) is 18.6 Å². The number of rotatable bonds is 4. The highest BCUT2D eigenvalue weighted by Crippen LogP contribution is 2.12. The first-order valence-electron chi connectivity index (χ1n) is 5.96. The lowest BCUT2D eigenvalue weighted by Gasteiger charge is -2.11. The molecule has 1 N–H and O–H groups in total. The molecule has 0 unspecified atom stereocenters. The number of anilines is 1. The third-order valence-electron chi connectivity index (χ3n) is 2.48. The van der Waals surface area contributed by atoms with Gasteiger partial charge >= 0.3 is 0 Å². The Kier molecular flexibility index (Phi) is 4.20. The van der Waals surface area contributed by atoms with Crippen LogP contribution in [0.5, 0.6) is 0 Å². The predicted molar refractivity (Wildman–Crippen MR) is 73.8 cm³/mol. The van der Waals surface area contributed by atoms with E-state index < -0.39 is 0 Å². The van der Waals surface area contributed by atoms with Crippen LogP contribution >= 0.6 is 0 Å². The molecule has 5 nitrogen and oxygen atoms in total. The Morgan fingerprint density at radius 1 is 1.32 bits per heavy atom. The summed E-state index contributed by atoms with van der Waals surface area (Å²) in [5, 5.41) is 2.81. The molecule has 0 saturated heterocycles. The van der Waals surface area contributed by atoms with Crippen molar-refractivity contribution in [2.45, 2.75) is 6.54 Å². The summed E-state index contributed by atoms with van der Waals surface area (Å²) in [7, 11) is 4.01. The molecule has 0 aliphatic heterocycles. The minimum absolute atomic E-state index is 0.255. The number of amides is 1. The summed E-state index contributed by atoms with van der Waals surface area (Å²) < 4.78 is 0. The Balaban J connectivity index is 2.09. The van der Waals surface area contributed by atoms with Gasteiger partial charge < -0.3 is 10.2 Å². The van der Waals surface area contributed by atoms with Crippen LogP contribution in [0.3, 0.4) is 0 Å². The van der Waals surface area contributed by atoms with E-state index in [2.05, 4.69) is 20.2 Å². The first kappa shape index (κ1) is 13.2. The van der Waals surface area contributed by atoms with E-state index in [0.717, 1.165) is 17.8 Å². The number of carbonyl (C=O) groups is 1. The van der Waals surface area contributed by atoms with E-state index in [1.54, 1.807) is 0 Å². The van der Waals surface area contributed by atoms with Crippen LogP contribution in [0.4, 0.5) is 5.69 Å². The average Bonchev–Trinajstić information content (AvgIpc) is 2.39. The van der Waals surface area contributed by atoms with Crippen LogP contribution in [0.1, 0.15) is 16.1 Å². The zero-order valence-electron chi connectivity index (χ0n) is 11.0. The quantitative estimate of drug-likeness (QED) is 0.906. The van der Waals surface area contributed by atoms with Crippen LogP contribution in [-0.2, 0) is 6.54 Å². The highest BCUT2D eigenvalue weighted by atomic mass is 16.1. The van der Waals surface area contributed by atoms with Crippen molar-refractivity contribution in [3.05, 3.63) is 54.1 Å². The molecule has 1 heterocycles. The van der Waals surface area contributed by atoms with E-state index in [-0.39, 0.29) is 5.91 Å². The van der Waals surface area contributed by atoms with Gasteiger partial charge in [-0.25, -0.2) is 4.98 Å². The zero-order valence-corrected chi connectivity index (χ0v) is 11.0. The molecule has 0 aliphatic rings. The Morgan fingerprint density at radius 2 is 2.16 bits per heavy atom. The Morgan fingerprint density at radius 3 is 2.84 bits per heavy atom. The fourth-order valence-corrected chi connectivity index (χ4v) is 1.72. The molecule has 0 radical (unpaired) electrons. The smallest absolute Gasteiger partial charge is 0.275 e. The molecule has 2 aromatic rings. The van der Waals surface area contributed by atoms with Crippen LogP contribution in [0.2, 0.25) is 0 Å². The number of aromatic nitrogens is 2. The van der Waals surface area contributed by atoms with Gasteiger partial charge in [-0.1, -0.05) is 12.1 Å². The molecule has 98 valence electrons. The Labute approximate surface area is 112 Å². The molecule has 0 atom stereocenters. The van der Waals surface area contributed by atoms with Gasteiger partial charge in [0, 0.05) is 24.6 Å². The van der Waals surface area contributed by atoms with E-state index in [9.17, 15) is 4.79 Å². The second-order valence-electron chi connectivity index (χ2n) is 4.48. The molecule has 5 heteroatoms. The number of nitrogens with zero attached hydrogens (tertiary/aromatic N) is 3. The summed E-state index contributed by atoms with van der Waals surface area (Å²) in [6.45, 7) is 0.828. The molecule has 0 spiro atoms. The van der Waals surface area contributed by atoms with E-state index >= 15 is 0 Å². The first-order chi connectivity index (χ1) is 9.15. The van der Waals surface area contributed by atoms with Gasteiger partial charge in [0.05, 0.1) is 6.20 Å². The van der Waals surface area contributed by atoms with Gasteiger partial charge in [0.25, 0.3) is 5.91 Å². The largest absolute Gasteiger partial charge is 0.321 e. The minimum Gasteiger partial charge on any atom is -0.321 e. The molecule has 1 amide bonds. The summed E-state index contributed by atoms with van der Waals surface area (Å²) in [5.41, 5.74) is 2.21. The van der Waals surface area contributed by atoms with Crippen molar-refractivity contribution in [1.29, 1.82) is 0 Å². The lowest BCUT2D eigenvalue weighted by atomic mass is 10.2. The third kappa shape index (κ3) is 3.86. The molecule has 0 saturated carbocycles.